The fourth-order valence-electron chi connectivity index (χ4n) is 3.85. The average molecular weight is 539 g/mol. The third-order valence-corrected chi connectivity index (χ3v) is 12.7. The Morgan fingerprint density at radius 3 is 2.32 bits per heavy atom. The van der Waals surface area contributed by atoms with E-state index in [1.807, 2.05) is 30.3 Å². The lowest BCUT2D eigenvalue weighted by atomic mass is 9.93. The van der Waals surface area contributed by atoms with Crippen LogP contribution < -0.4 is 0 Å². The topological polar surface area (TPSA) is 45.9 Å². The second-order valence-electron chi connectivity index (χ2n) is 10.6. The predicted molar refractivity (Wildman–Crippen MR) is 158 cm³/mol. The van der Waals surface area contributed by atoms with Gasteiger partial charge < -0.3 is 4.43 Å². The molecule has 4 rings (SSSR count). The highest BCUT2D eigenvalue weighted by Crippen LogP contribution is 2.48. The van der Waals surface area contributed by atoms with Gasteiger partial charge in [-0.3, -0.25) is 4.98 Å². The summed E-state index contributed by atoms with van der Waals surface area (Å²) in [7, 11) is -1.84. The van der Waals surface area contributed by atoms with Gasteiger partial charge in [0, 0.05) is 41.4 Å². The molecule has 0 fully saturated rings. The molecule has 38 heavy (non-hydrogen) atoms. The molecule has 0 spiro atoms. The van der Waals surface area contributed by atoms with Crippen molar-refractivity contribution in [2.45, 2.75) is 45.3 Å². The second-order valence-corrected chi connectivity index (χ2v) is 16.4. The van der Waals surface area contributed by atoms with Gasteiger partial charge in [-0.05, 0) is 71.2 Å². The Bertz CT molecular complexity index is 1520. The normalized spacial score (nSPS) is 11.5. The Hall–Kier alpha value is -3.55. The summed E-state index contributed by atoms with van der Waals surface area (Å²) in [6.45, 7) is 11.8. The number of nitriles is 1. The molecular weight excluding hydrogens is 508 g/mol. The quantitative estimate of drug-likeness (QED) is 0.140. The van der Waals surface area contributed by atoms with E-state index in [-0.39, 0.29) is 10.9 Å². The number of rotatable bonds is 6. The molecule has 0 N–H and O–H groups in total. The lowest BCUT2D eigenvalue weighted by Crippen LogP contribution is -2.40. The van der Waals surface area contributed by atoms with Crippen molar-refractivity contribution in [1.29, 1.82) is 5.26 Å². The third kappa shape index (κ3) is 6.11. The van der Waals surface area contributed by atoms with E-state index in [1.165, 1.54) is 12.1 Å². The number of aromatic nitrogens is 1. The third-order valence-electron chi connectivity index (χ3n) is 6.96. The molecule has 6 heteroatoms. The van der Waals surface area contributed by atoms with Gasteiger partial charge in [-0.1, -0.05) is 56.9 Å². The van der Waals surface area contributed by atoms with E-state index in [1.54, 1.807) is 41.9 Å². The van der Waals surface area contributed by atoms with Crippen LogP contribution in [0.1, 0.15) is 37.6 Å². The van der Waals surface area contributed by atoms with E-state index in [2.05, 4.69) is 56.8 Å². The molecule has 2 aromatic heterocycles. The Morgan fingerprint density at radius 1 is 0.947 bits per heavy atom. The minimum absolute atomic E-state index is 0.149. The van der Waals surface area contributed by atoms with Crippen molar-refractivity contribution in [3.63, 3.8) is 0 Å². The maximum Gasteiger partial charge on any atom is 0.192 e. The number of hydrogen-bond acceptors (Lipinski definition) is 4. The maximum absolute atomic E-state index is 13.8. The number of pyridine rings is 1. The molecule has 0 radical (unpaired) electrons. The Labute approximate surface area is 230 Å². The van der Waals surface area contributed by atoms with Crippen LogP contribution in [0, 0.1) is 29.0 Å². The molecule has 2 aromatic carbocycles. The fourth-order valence-corrected chi connectivity index (χ4v) is 6.12. The maximum atomic E-state index is 13.8. The van der Waals surface area contributed by atoms with Crippen LogP contribution in [-0.4, -0.2) is 19.9 Å². The minimum atomic E-state index is -1.84. The minimum Gasteiger partial charge on any atom is -0.416 e. The van der Waals surface area contributed by atoms with Crippen LogP contribution in [-0.2, 0) is 4.43 Å². The van der Waals surface area contributed by atoms with Crippen LogP contribution in [0.25, 0.3) is 32.7 Å². The molecule has 0 bridgehead atoms. The first-order valence-electron chi connectivity index (χ1n) is 12.6. The summed E-state index contributed by atoms with van der Waals surface area (Å²) in [5.74, 6) is 6.48. The van der Waals surface area contributed by atoms with Gasteiger partial charge in [0.25, 0.3) is 0 Å². The molecule has 0 unspecified atom stereocenters. The zero-order valence-corrected chi connectivity index (χ0v) is 24.2. The fraction of sp³-hybridized carbons (Fsp3) is 0.250. The molecule has 0 aliphatic rings. The molecule has 0 aliphatic heterocycles. The zero-order valence-electron chi connectivity index (χ0n) is 22.4. The molecule has 0 aliphatic carbocycles. The summed E-state index contributed by atoms with van der Waals surface area (Å²) in [5.41, 5.74) is 5.37. The van der Waals surface area contributed by atoms with Gasteiger partial charge in [0.05, 0.1) is 16.5 Å². The molecule has 0 saturated carbocycles. The second kappa shape index (κ2) is 11.5. The van der Waals surface area contributed by atoms with Crippen LogP contribution in [0.3, 0.4) is 0 Å². The van der Waals surface area contributed by atoms with Crippen molar-refractivity contribution >= 4 is 19.7 Å². The van der Waals surface area contributed by atoms with Gasteiger partial charge in [0.1, 0.15) is 5.82 Å². The summed E-state index contributed by atoms with van der Waals surface area (Å²) in [6, 6.07) is 20.3. The monoisotopic (exact) mass is 538 g/mol. The van der Waals surface area contributed by atoms with Crippen molar-refractivity contribution in [3.05, 3.63) is 89.3 Å². The van der Waals surface area contributed by atoms with Crippen molar-refractivity contribution in [2.75, 3.05) is 6.61 Å². The van der Waals surface area contributed by atoms with Crippen molar-refractivity contribution < 1.29 is 8.82 Å². The highest BCUT2D eigenvalue weighted by Gasteiger charge is 2.36. The molecule has 0 saturated heterocycles. The van der Waals surface area contributed by atoms with E-state index >= 15 is 0 Å². The van der Waals surface area contributed by atoms with Crippen molar-refractivity contribution in [3.8, 4) is 50.6 Å². The van der Waals surface area contributed by atoms with Gasteiger partial charge in [-0.25, -0.2) is 4.39 Å². The lowest BCUT2D eigenvalue weighted by Gasteiger charge is -2.35. The molecular formula is C32H31FN2OSSi. The van der Waals surface area contributed by atoms with Crippen LogP contribution >= 0.6 is 11.3 Å². The smallest absolute Gasteiger partial charge is 0.192 e. The van der Waals surface area contributed by atoms with Crippen LogP contribution in [0.5, 0.6) is 0 Å². The Morgan fingerprint density at radius 2 is 1.66 bits per heavy atom. The number of halogens is 1. The molecule has 2 heterocycles. The largest absolute Gasteiger partial charge is 0.416 e. The van der Waals surface area contributed by atoms with E-state index in [9.17, 15) is 9.65 Å². The van der Waals surface area contributed by atoms with Crippen molar-refractivity contribution in [1.82, 2.24) is 4.98 Å². The number of benzene rings is 2. The zero-order chi connectivity index (χ0) is 27.3. The summed E-state index contributed by atoms with van der Waals surface area (Å²) >= 11 is 1.58. The van der Waals surface area contributed by atoms with Gasteiger partial charge in [-0.2, -0.15) is 5.26 Å². The predicted octanol–water partition coefficient (Wildman–Crippen LogP) is 8.92. The first-order chi connectivity index (χ1) is 18.1. The molecule has 192 valence electrons. The van der Waals surface area contributed by atoms with Crippen molar-refractivity contribution in [2.24, 2.45) is 0 Å². The van der Waals surface area contributed by atoms with E-state index in [0.717, 1.165) is 37.6 Å². The standard InChI is InChI=1S/C32H31FN2OSSi/c1-32(2,3)38(4,5)36-20-7-6-11-28-29(26-10-8-9-23(21-26)22-34)30(24-16-18-35-19-17-24)31(37-28)25-12-14-27(33)15-13-25/h8-10,12-19,21H,7,20H2,1-5H3. The first kappa shape index (κ1) is 27.5. The summed E-state index contributed by atoms with van der Waals surface area (Å²) < 4.78 is 20.1. The number of thiophene rings is 1. The lowest BCUT2D eigenvalue weighted by molar-refractivity contribution is 0.296. The Balaban J connectivity index is 1.84. The van der Waals surface area contributed by atoms with E-state index in [0.29, 0.717) is 18.6 Å². The van der Waals surface area contributed by atoms with Gasteiger partial charge in [-0.15, -0.1) is 11.3 Å². The van der Waals surface area contributed by atoms with Crippen LogP contribution in [0.4, 0.5) is 4.39 Å². The summed E-state index contributed by atoms with van der Waals surface area (Å²) in [6.07, 6.45) is 4.15. The highest BCUT2D eigenvalue weighted by atomic mass is 32.1. The van der Waals surface area contributed by atoms with Crippen LogP contribution in [0.2, 0.25) is 18.1 Å². The Kier molecular flexibility index (Phi) is 8.28. The number of hydrogen-bond donors (Lipinski definition) is 0. The van der Waals surface area contributed by atoms with Crippen LogP contribution in [0.15, 0.2) is 73.1 Å². The van der Waals surface area contributed by atoms with Gasteiger partial charge in [0.2, 0.25) is 0 Å². The van der Waals surface area contributed by atoms with E-state index < -0.39 is 8.32 Å². The molecule has 0 atom stereocenters. The number of nitrogens with zero attached hydrogens (tertiary/aromatic N) is 2. The summed E-state index contributed by atoms with van der Waals surface area (Å²) in [4.78, 5) is 6.10. The molecule has 0 amide bonds. The summed E-state index contributed by atoms with van der Waals surface area (Å²) in [5, 5.41) is 9.72. The van der Waals surface area contributed by atoms with E-state index in [4.69, 9.17) is 4.43 Å². The van der Waals surface area contributed by atoms with Gasteiger partial charge in [0.15, 0.2) is 8.32 Å². The average Bonchev–Trinajstić information content (AvgIpc) is 3.28. The first-order valence-corrected chi connectivity index (χ1v) is 16.3. The molecule has 3 nitrogen and oxygen atoms in total. The SMILES string of the molecule is CC(C)(C)[Si](C)(C)OCCC#Cc1sc(-c2ccc(F)cc2)c(-c2ccncc2)c1-c1cccc(C#N)c1. The van der Waals surface area contributed by atoms with Gasteiger partial charge >= 0.3 is 0 Å². The highest BCUT2D eigenvalue weighted by molar-refractivity contribution is 7.17. The molecule has 4 aromatic rings.